The van der Waals surface area contributed by atoms with Crippen LogP contribution in [-0.4, -0.2) is 36.1 Å². The predicted molar refractivity (Wildman–Crippen MR) is 183 cm³/mol. The monoisotopic (exact) mass is 629 g/mol. The minimum absolute atomic E-state index is 0.0697. The molecule has 0 heterocycles. The second kappa shape index (κ2) is 14.9. The maximum Gasteiger partial charge on any atom is 0.339 e. The number of thioether (sulfide) groups is 1. The Morgan fingerprint density at radius 1 is 0.761 bits per heavy atom. The number of methoxy groups -OCH3 is 1. The van der Waals surface area contributed by atoms with Crippen LogP contribution in [0.25, 0.3) is 16.8 Å². The van der Waals surface area contributed by atoms with E-state index in [9.17, 15) is 19.2 Å². The number of carbonyl (C=O) groups is 4. The molecule has 46 heavy (non-hydrogen) atoms. The Hall–Kier alpha value is -5.67. The van der Waals surface area contributed by atoms with Crippen LogP contribution < -0.4 is 16.0 Å². The van der Waals surface area contributed by atoms with Crippen molar-refractivity contribution in [3.63, 3.8) is 0 Å². The number of rotatable bonds is 10. The first-order valence-corrected chi connectivity index (χ1v) is 15.3. The number of fused-ring (bicyclic) bond motifs is 1. The fraction of sp³-hybridized carbons (Fsp3) is 0.0811. The number of anilines is 2. The van der Waals surface area contributed by atoms with Crippen molar-refractivity contribution in [2.45, 2.75) is 17.1 Å². The Bertz CT molecular complexity index is 1940. The maximum absolute atomic E-state index is 13.7. The van der Waals surface area contributed by atoms with Gasteiger partial charge >= 0.3 is 5.97 Å². The topological polar surface area (TPSA) is 114 Å². The van der Waals surface area contributed by atoms with Gasteiger partial charge in [-0.2, -0.15) is 0 Å². The molecule has 5 aromatic carbocycles. The Balaban J connectivity index is 1.34. The minimum Gasteiger partial charge on any atom is -0.465 e. The minimum atomic E-state index is -0.548. The van der Waals surface area contributed by atoms with E-state index in [1.54, 1.807) is 79.7 Å². The molecule has 0 fully saturated rings. The molecule has 0 saturated heterocycles. The van der Waals surface area contributed by atoms with Crippen LogP contribution in [0.4, 0.5) is 11.4 Å². The molecule has 3 N–H and O–H groups in total. The van der Waals surface area contributed by atoms with Gasteiger partial charge in [-0.15, -0.1) is 11.8 Å². The van der Waals surface area contributed by atoms with Crippen LogP contribution in [0, 0.1) is 0 Å². The van der Waals surface area contributed by atoms with Gasteiger partial charge in [-0.25, -0.2) is 4.79 Å². The number of hydrogen-bond acceptors (Lipinski definition) is 6. The Labute approximate surface area is 270 Å². The van der Waals surface area contributed by atoms with E-state index in [0.717, 1.165) is 21.2 Å². The molecule has 0 bridgehead atoms. The molecule has 0 spiro atoms. The zero-order valence-electron chi connectivity index (χ0n) is 25.2. The summed E-state index contributed by atoms with van der Waals surface area (Å²) in [6.45, 7) is 1.75. The molecule has 0 aliphatic heterocycles. The molecule has 0 aliphatic rings. The molecule has 5 aromatic rings. The van der Waals surface area contributed by atoms with Gasteiger partial charge in [-0.3, -0.25) is 14.4 Å². The van der Waals surface area contributed by atoms with Crippen molar-refractivity contribution in [1.82, 2.24) is 5.32 Å². The number of carbonyl (C=O) groups excluding carboxylic acids is 4. The molecule has 0 saturated carbocycles. The van der Waals surface area contributed by atoms with Crippen molar-refractivity contribution in [1.29, 1.82) is 0 Å². The summed E-state index contributed by atoms with van der Waals surface area (Å²) in [4.78, 5) is 52.6. The molecular weight excluding hydrogens is 598 g/mol. The lowest BCUT2D eigenvalue weighted by Gasteiger charge is -2.15. The van der Waals surface area contributed by atoms with E-state index in [-0.39, 0.29) is 17.2 Å². The molecule has 0 aliphatic carbocycles. The van der Waals surface area contributed by atoms with Crippen LogP contribution in [0.5, 0.6) is 0 Å². The van der Waals surface area contributed by atoms with Gasteiger partial charge in [0.1, 0.15) is 5.70 Å². The Kier molecular flexibility index (Phi) is 10.3. The number of hydrogen-bond donors (Lipinski definition) is 3. The molecule has 9 heteroatoms. The standard InChI is InChI=1S/C37H31N3O5S/c1-24(34(41)39-32-21-9-8-20-31(32)37(44)45-2)46-29-18-11-17-28(23-29)38-36(43)33(40-35(42)26-13-4-3-5-14-26)22-27-16-10-15-25-12-6-7-19-30(25)27/h3-24H,1-2H3,(H,38,43)(H,39,41)(H,40,42)/b33-22+. The van der Waals surface area contributed by atoms with Crippen molar-refractivity contribution in [2.75, 3.05) is 17.7 Å². The highest BCUT2D eigenvalue weighted by Gasteiger charge is 2.20. The van der Waals surface area contributed by atoms with E-state index in [4.69, 9.17) is 4.74 Å². The highest BCUT2D eigenvalue weighted by Crippen LogP contribution is 2.28. The van der Waals surface area contributed by atoms with Crippen LogP contribution in [0.3, 0.4) is 0 Å². The summed E-state index contributed by atoms with van der Waals surface area (Å²) in [6, 6.07) is 36.0. The van der Waals surface area contributed by atoms with Gasteiger partial charge in [0.05, 0.1) is 23.6 Å². The summed E-state index contributed by atoms with van der Waals surface area (Å²) < 4.78 is 4.81. The van der Waals surface area contributed by atoms with Crippen LogP contribution in [-0.2, 0) is 14.3 Å². The third-order valence-electron chi connectivity index (χ3n) is 7.02. The molecular formula is C37H31N3O5S. The van der Waals surface area contributed by atoms with E-state index in [0.29, 0.717) is 16.9 Å². The van der Waals surface area contributed by atoms with E-state index in [1.165, 1.54) is 18.9 Å². The van der Waals surface area contributed by atoms with Gasteiger partial charge in [0.25, 0.3) is 11.8 Å². The number of ether oxygens (including phenoxy) is 1. The second-order valence-electron chi connectivity index (χ2n) is 10.2. The second-order valence-corrected chi connectivity index (χ2v) is 11.6. The maximum atomic E-state index is 13.7. The largest absolute Gasteiger partial charge is 0.465 e. The van der Waals surface area contributed by atoms with Crippen LogP contribution in [0.15, 0.2) is 132 Å². The summed E-state index contributed by atoms with van der Waals surface area (Å²) in [5.41, 5.74) is 2.35. The van der Waals surface area contributed by atoms with Crippen molar-refractivity contribution in [3.05, 3.63) is 144 Å². The number of nitrogens with one attached hydrogen (secondary N) is 3. The first-order chi connectivity index (χ1) is 22.3. The third kappa shape index (κ3) is 7.88. The lowest BCUT2D eigenvalue weighted by Crippen LogP contribution is -2.30. The zero-order chi connectivity index (χ0) is 32.5. The molecule has 5 rings (SSSR count). The molecule has 0 aromatic heterocycles. The van der Waals surface area contributed by atoms with E-state index >= 15 is 0 Å². The van der Waals surface area contributed by atoms with Gasteiger partial charge in [0.15, 0.2) is 0 Å². The molecule has 230 valence electrons. The first kappa shape index (κ1) is 31.7. The summed E-state index contributed by atoms with van der Waals surface area (Å²) in [7, 11) is 1.28. The fourth-order valence-corrected chi connectivity index (χ4v) is 5.62. The highest BCUT2D eigenvalue weighted by atomic mass is 32.2. The molecule has 3 amide bonds. The smallest absolute Gasteiger partial charge is 0.339 e. The van der Waals surface area contributed by atoms with E-state index in [2.05, 4.69) is 16.0 Å². The van der Waals surface area contributed by atoms with Gasteiger partial charge in [-0.1, -0.05) is 78.9 Å². The van der Waals surface area contributed by atoms with Crippen LogP contribution >= 0.6 is 11.8 Å². The SMILES string of the molecule is COC(=O)c1ccccc1NC(=O)C(C)Sc1cccc(NC(=O)/C(=C\c2cccc3ccccc23)NC(=O)c2ccccc2)c1. The highest BCUT2D eigenvalue weighted by molar-refractivity contribution is 8.00. The summed E-state index contributed by atoms with van der Waals surface area (Å²) in [6.07, 6.45) is 1.66. The average molecular weight is 630 g/mol. The number of benzene rings is 5. The summed E-state index contributed by atoms with van der Waals surface area (Å²) in [5.74, 6) is -1.78. The summed E-state index contributed by atoms with van der Waals surface area (Å²) in [5, 5.41) is 9.87. The summed E-state index contributed by atoms with van der Waals surface area (Å²) >= 11 is 1.29. The zero-order valence-corrected chi connectivity index (χ0v) is 26.0. The Morgan fingerprint density at radius 2 is 1.46 bits per heavy atom. The lowest BCUT2D eigenvalue weighted by molar-refractivity contribution is -0.115. The molecule has 1 unspecified atom stereocenters. The van der Waals surface area contributed by atoms with E-state index < -0.39 is 23.0 Å². The van der Waals surface area contributed by atoms with Gasteiger partial charge in [0.2, 0.25) is 5.91 Å². The first-order valence-electron chi connectivity index (χ1n) is 14.4. The third-order valence-corrected chi connectivity index (χ3v) is 8.11. The van der Waals surface area contributed by atoms with Crippen molar-refractivity contribution >= 4 is 63.7 Å². The molecule has 0 radical (unpaired) electrons. The van der Waals surface area contributed by atoms with Gasteiger partial charge in [0, 0.05) is 16.1 Å². The lowest BCUT2D eigenvalue weighted by atomic mass is 10.0. The quantitative estimate of drug-likeness (QED) is 0.0859. The van der Waals surface area contributed by atoms with E-state index in [1.807, 2.05) is 54.6 Å². The van der Waals surface area contributed by atoms with Gasteiger partial charge in [-0.05, 0) is 71.8 Å². The van der Waals surface area contributed by atoms with Crippen LogP contribution in [0.1, 0.15) is 33.2 Å². The fourth-order valence-electron chi connectivity index (χ4n) is 4.69. The predicted octanol–water partition coefficient (Wildman–Crippen LogP) is 7.16. The molecule has 1 atom stereocenters. The molecule has 8 nitrogen and oxygen atoms in total. The number of esters is 1. The van der Waals surface area contributed by atoms with Crippen molar-refractivity contribution < 1.29 is 23.9 Å². The number of para-hydroxylation sites is 1. The average Bonchev–Trinajstić information content (AvgIpc) is 3.08. The Morgan fingerprint density at radius 3 is 2.26 bits per heavy atom. The normalized spacial score (nSPS) is 11.7. The van der Waals surface area contributed by atoms with Crippen molar-refractivity contribution in [2.24, 2.45) is 0 Å². The van der Waals surface area contributed by atoms with Gasteiger partial charge < -0.3 is 20.7 Å². The number of amides is 3. The van der Waals surface area contributed by atoms with Crippen molar-refractivity contribution in [3.8, 4) is 0 Å². The van der Waals surface area contributed by atoms with Crippen LogP contribution in [0.2, 0.25) is 0 Å².